The fraction of sp³-hybridized carbons (Fsp3) is 0.368. The van der Waals surface area contributed by atoms with Crippen molar-refractivity contribution in [2.45, 2.75) is 19.1 Å². The summed E-state index contributed by atoms with van der Waals surface area (Å²) < 4.78 is 0. The summed E-state index contributed by atoms with van der Waals surface area (Å²) in [5.41, 5.74) is 2.78. The van der Waals surface area contributed by atoms with Gasteiger partial charge in [0.25, 0.3) is 0 Å². The molecule has 1 saturated heterocycles. The summed E-state index contributed by atoms with van der Waals surface area (Å²) in [6.45, 7) is 4.27. The molecule has 1 aliphatic rings. The fourth-order valence-electron chi connectivity index (χ4n) is 2.92. The van der Waals surface area contributed by atoms with Crippen LogP contribution in [0, 0.1) is 0 Å². The molecule has 0 bridgehead atoms. The number of rotatable bonds is 6. The van der Waals surface area contributed by atoms with E-state index >= 15 is 0 Å². The molecule has 2 nitrogen and oxygen atoms in total. The van der Waals surface area contributed by atoms with E-state index < -0.39 is 0 Å². The van der Waals surface area contributed by atoms with E-state index in [9.17, 15) is 0 Å². The van der Waals surface area contributed by atoms with E-state index in [-0.39, 0.29) is 0 Å². The minimum Gasteiger partial charge on any atom is -0.311 e. The fourth-order valence-corrected chi connectivity index (χ4v) is 3.85. The van der Waals surface area contributed by atoms with Crippen LogP contribution in [-0.4, -0.2) is 35.5 Å². The molecule has 0 radical (unpaired) electrons. The molecule has 1 fully saturated rings. The Balaban J connectivity index is 1.66. The van der Waals surface area contributed by atoms with Crippen LogP contribution in [-0.2, 0) is 13.1 Å². The van der Waals surface area contributed by atoms with Gasteiger partial charge in [-0.2, -0.15) is 11.8 Å². The highest BCUT2D eigenvalue weighted by Crippen LogP contribution is 2.14. The second-order valence-electron chi connectivity index (χ2n) is 5.87. The Morgan fingerprint density at radius 3 is 2.00 bits per heavy atom. The number of nitrogens with one attached hydrogen (secondary N) is 1. The molecule has 2 aromatic carbocycles. The van der Waals surface area contributed by atoms with Crippen molar-refractivity contribution < 1.29 is 0 Å². The molecule has 3 heteroatoms. The van der Waals surface area contributed by atoms with Crippen LogP contribution in [0.15, 0.2) is 60.7 Å². The van der Waals surface area contributed by atoms with Crippen molar-refractivity contribution in [3.05, 3.63) is 71.8 Å². The quantitative estimate of drug-likeness (QED) is 0.880. The van der Waals surface area contributed by atoms with Crippen molar-refractivity contribution in [1.29, 1.82) is 0 Å². The lowest BCUT2D eigenvalue weighted by molar-refractivity contribution is 0.232. The van der Waals surface area contributed by atoms with E-state index in [4.69, 9.17) is 0 Å². The van der Waals surface area contributed by atoms with Gasteiger partial charge < -0.3 is 5.32 Å². The predicted octanol–water partition coefficient (Wildman–Crippen LogP) is 3.39. The number of nitrogens with zero attached hydrogens (tertiary/aromatic N) is 1. The van der Waals surface area contributed by atoms with Crippen molar-refractivity contribution in [3.63, 3.8) is 0 Å². The van der Waals surface area contributed by atoms with Gasteiger partial charge in [0.1, 0.15) is 0 Å². The molecule has 3 rings (SSSR count). The molecular formula is C19H24N2S. The molecule has 1 aliphatic heterocycles. The number of hydrogen-bond donors (Lipinski definition) is 1. The van der Waals surface area contributed by atoms with Gasteiger partial charge in [-0.15, -0.1) is 0 Å². The molecule has 0 aliphatic carbocycles. The largest absolute Gasteiger partial charge is 0.311 e. The van der Waals surface area contributed by atoms with Gasteiger partial charge in [-0.05, 0) is 11.1 Å². The van der Waals surface area contributed by atoms with E-state index in [2.05, 4.69) is 82.6 Å². The molecule has 1 N–H and O–H groups in total. The summed E-state index contributed by atoms with van der Waals surface area (Å²) in [6.07, 6.45) is 0. The van der Waals surface area contributed by atoms with Crippen molar-refractivity contribution in [2.75, 3.05) is 24.6 Å². The molecule has 0 spiro atoms. The van der Waals surface area contributed by atoms with Crippen molar-refractivity contribution in [3.8, 4) is 0 Å². The van der Waals surface area contributed by atoms with Crippen LogP contribution in [0.1, 0.15) is 11.1 Å². The summed E-state index contributed by atoms with van der Waals surface area (Å²) in [7, 11) is 0. The second-order valence-corrected chi connectivity index (χ2v) is 7.02. The third-order valence-electron chi connectivity index (χ3n) is 3.98. The Kier molecular flexibility index (Phi) is 5.94. The Morgan fingerprint density at radius 1 is 0.909 bits per heavy atom. The molecule has 1 heterocycles. The minimum absolute atomic E-state index is 0.603. The lowest BCUT2D eigenvalue weighted by Gasteiger charge is -2.30. The maximum atomic E-state index is 3.66. The van der Waals surface area contributed by atoms with E-state index in [1.165, 1.54) is 22.6 Å². The normalized spacial score (nSPS) is 18.5. The summed E-state index contributed by atoms with van der Waals surface area (Å²) in [4.78, 5) is 2.56. The van der Waals surface area contributed by atoms with Crippen LogP contribution in [0.25, 0.3) is 0 Å². The highest BCUT2D eigenvalue weighted by atomic mass is 32.2. The SMILES string of the molecule is c1ccc(CN(Cc2ccccc2)CC2CSCCN2)cc1. The maximum absolute atomic E-state index is 3.66. The van der Waals surface area contributed by atoms with Gasteiger partial charge >= 0.3 is 0 Å². The highest BCUT2D eigenvalue weighted by Gasteiger charge is 2.17. The predicted molar refractivity (Wildman–Crippen MR) is 96.1 cm³/mol. The van der Waals surface area contributed by atoms with Crippen LogP contribution >= 0.6 is 11.8 Å². The smallest absolute Gasteiger partial charge is 0.0286 e. The van der Waals surface area contributed by atoms with Gasteiger partial charge in [0, 0.05) is 43.7 Å². The first-order chi connectivity index (χ1) is 10.9. The lowest BCUT2D eigenvalue weighted by atomic mass is 10.1. The third kappa shape index (κ3) is 4.87. The standard InChI is InChI=1S/C19H24N2S/c1-3-7-17(8-4-1)13-21(14-18-9-5-2-6-10-18)15-19-16-22-12-11-20-19/h1-10,19-20H,11-16H2. The van der Waals surface area contributed by atoms with Gasteiger partial charge in [0.2, 0.25) is 0 Å². The molecule has 1 unspecified atom stereocenters. The van der Waals surface area contributed by atoms with Crippen LogP contribution < -0.4 is 5.32 Å². The first-order valence-electron chi connectivity index (χ1n) is 8.01. The minimum atomic E-state index is 0.603. The monoisotopic (exact) mass is 312 g/mol. The van der Waals surface area contributed by atoms with Crippen molar-refractivity contribution in [2.24, 2.45) is 0 Å². The van der Waals surface area contributed by atoms with Crippen LogP contribution in [0.2, 0.25) is 0 Å². The summed E-state index contributed by atoms with van der Waals surface area (Å²) in [5, 5.41) is 3.66. The van der Waals surface area contributed by atoms with E-state index in [0.29, 0.717) is 6.04 Å². The maximum Gasteiger partial charge on any atom is 0.0286 e. The Morgan fingerprint density at radius 2 is 1.50 bits per heavy atom. The zero-order valence-electron chi connectivity index (χ0n) is 12.9. The van der Waals surface area contributed by atoms with E-state index in [1.54, 1.807) is 0 Å². The van der Waals surface area contributed by atoms with Gasteiger partial charge in [-0.3, -0.25) is 4.90 Å². The Labute approximate surface area is 137 Å². The van der Waals surface area contributed by atoms with Crippen LogP contribution in [0.5, 0.6) is 0 Å². The molecule has 0 aromatic heterocycles. The average molecular weight is 312 g/mol. The first-order valence-corrected chi connectivity index (χ1v) is 9.17. The van der Waals surface area contributed by atoms with Crippen LogP contribution in [0.3, 0.4) is 0 Å². The highest BCUT2D eigenvalue weighted by molar-refractivity contribution is 7.99. The first kappa shape index (κ1) is 15.6. The summed E-state index contributed by atoms with van der Waals surface area (Å²) in [5.74, 6) is 2.47. The molecule has 0 amide bonds. The van der Waals surface area contributed by atoms with Crippen molar-refractivity contribution in [1.82, 2.24) is 10.2 Å². The Hall–Kier alpha value is -1.29. The van der Waals surface area contributed by atoms with Crippen LogP contribution in [0.4, 0.5) is 0 Å². The Bertz CT molecular complexity index is 496. The third-order valence-corrected chi connectivity index (χ3v) is 5.11. The average Bonchev–Trinajstić information content (AvgIpc) is 2.57. The molecule has 1 atom stereocenters. The number of benzene rings is 2. The second kappa shape index (κ2) is 8.37. The van der Waals surface area contributed by atoms with Gasteiger partial charge in [0.05, 0.1) is 0 Å². The zero-order valence-corrected chi connectivity index (χ0v) is 13.8. The number of hydrogen-bond acceptors (Lipinski definition) is 3. The molecule has 116 valence electrons. The van der Waals surface area contributed by atoms with Gasteiger partial charge in [0.15, 0.2) is 0 Å². The molecule has 2 aromatic rings. The molecule has 0 saturated carbocycles. The van der Waals surface area contributed by atoms with E-state index in [1.807, 2.05) is 0 Å². The van der Waals surface area contributed by atoms with E-state index in [0.717, 1.165) is 26.2 Å². The lowest BCUT2D eigenvalue weighted by Crippen LogP contribution is -2.45. The zero-order chi connectivity index (χ0) is 15.0. The van der Waals surface area contributed by atoms with Crippen molar-refractivity contribution >= 4 is 11.8 Å². The summed E-state index contributed by atoms with van der Waals surface area (Å²) >= 11 is 2.07. The van der Waals surface area contributed by atoms with Gasteiger partial charge in [-0.25, -0.2) is 0 Å². The molecule has 22 heavy (non-hydrogen) atoms. The summed E-state index contributed by atoms with van der Waals surface area (Å²) in [6, 6.07) is 22.2. The van der Waals surface area contributed by atoms with Gasteiger partial charge in [-0.1, -0.05) is 60.7 Å². The molecular weight excluding hydrogens is 288 g/mol. The topological polar surface area (TPSA) is 15.3 Å². The number of thioether (sulfide) groups is 1.